The summed E-state index contributed by atoms with van der Waals surface area (Å²) in [6.07, 6.45) is 5.23. The summed E-state index contributed by atoms with van der Waals surface area (Å²) in [5.74, 6) is -1.76. The maximum Gasteiger partial charge on any atom is 0.355 e. The fourth-order valence-corrected chi connectivity index (χ4v) is 8.72. The summed E-state index contributed by atoms with van der Waals surface area (Å²) >= 11 is 6.73. The van der Waals surface area contributed by atoms with Gasteiger partial charge in [-0.25, -0.2) is 9.36 Å². The molecule has 14 heteroatoms. The Kier molecular flexibility index (Phi) is 9.90. The van der Waals surface area contributed by atoms with Crippen molar-refractivity contribution in [3.8, 4) is 0 Å². The fourth-order valence-electron chi connectivity index (χ4n) is 6.20. The number of nitrogens with zero attached hydrogens (tertiary/aromatic N) is 4. The highest BCUT2D eigenvalue weighted by Crippen LogP contribution is 2.51. The van der Waals surface area contributed by atoms with Crippen molar-refractivity contribution in [1.29, 1.82) is 0 Å². The van der Waals surface area contributed by atoms with Gasteiger partial charge in [-0.15, -0.1) is 0 Å². The molecule has 2 aliphatic rings. The largest absolute Gasteiger partial charge is 1.00 e. The van der Waals surface area contributed by atoms with Crippen molar-refractivity contribution in [2.75, 3.05) is 6.26 Å². The first-order chi connectivity index (χ1) is 21.1. The minimum absolute atomic E-state index is 0. The first-order valence-corrected chi connectivity index (χ1v) is 17.2. The number of β-lactam (4-membered cyclic amide) rings is 1. The number of esters is 1. The standard InChI is InChI=1S/C31H30BrN4O6S2.BrH/c1-17-24(23-14-34-16-33(29(43-3)30(34)44-23)13-21-6-4-5-20(11-21)12-32)27(35-26(17)25(18(2)37)28(35)38)31(39)42-15-19-7-9-22(10-8-19)36(40)41;/h4-11,14,16-18,25-26,37H,12-13,15H2,1-3H3;1H/q+1;/p-1/t17-,18+,25+,26+;/m0./s1. The Morgan fingerprint density at radius 2 is 1.93 bits per heavy atom. The molecule has 236 valence electrons. The van der Waals surface area contributed by atoms with Crippen molar-refractivity contribution in [2.24, 2.45) is 11.8 Å². The molecule has 10 nitrogen and oxygen atoms in total. The summed E-state index contributed by atoms with van der Waals surface area (Å²) in [7, 11) is 0. The number of hydrogen-bond donors (Lipinski definition) is 1. The molecule has 0 saturated carbocycles. The lowest BCUT2D eigenvalue weighted by Gasteiger charge is -2.46. The van der Waals surface area contributed by atoms with Crippen LogP contribution in [0.1, 0.15) is 35.4 Å². The number of carbonyl (C=O) groups excluding carboxylic acids is 2. The molecule has 1 amide bonds. The SMILES string of the molecule is CSc1c2sc(C3=C(C(=O)OCc4ccc([N+](=O)[O-])cc4)N4C(=O)[C@H]([C@@H](C)O)[C@H]4[C@H]3C)c[n+]2cn1Cc1cccc(CBr)c1.[Br-]. The van der Waals surface area contributed by atoms with E-state index in [1.807, 2.05) is 25.7 Å². The predicted molar refractivity (Wildman–Crippen MR) is 170 cm³/mol. The van der Waals surface area contributed by atoms with Crippen LogP contribution >= 0.6 is 39.0 Å². The molecule has 1 N–H and O–H groups in total. The van der Waals surface area contributed by atoms with Crippen LogP contribution in [0.15, 0.2) is 71.8 Å². The number of thiazole rings is 1. The Balaban J connectivity index is 0.00000400. The molecule has 2 aromatic carbocycles. The highest BCUT2D eigenvalue weighted by Gasteiger charge is 2.60. The zero-order valence-electron chi connectivity index (χ0n) is 24.6. The topological polar surface area (TPSA) is 119 Å². The van der Waals surface area contributed by atoms with E-state index in [2.05, 4.69) is 49.2 Å². The monoisotopic (exact) mass is 776 g/mol. The number of alkyl halides is 1. The first-order valence-electron chi connectivity index (χ1n) is 14.0. The average molecular weight is 779 g/mol. The van der Waals surface area contributed by atoms with E-state index in [1.54, 1.807) is 30.0 Å². The molecular formula is C31H30Br2N4O6S2. The van der Waals surface area contributed by atoms with Gasteiger partial charge in [-0.1, -0.05) is 70.2 Å². The number of halogens is 2. The lowest BCUT2D eigenvalue weighted by atomic mass is 9.77. The normalized spacial score (nSPS) is 19.7. The van der Waals surface area contributed by atoms with E-state index in [0.717, 1.165) is 25.6 Å². The van der Waals surface area contributed by atoms with Gasteiger partial charge >= 0.3 is 5.97 Å². The summed E-state index contributed by atoms with van der Waals surface area (Å²) in [6.45, 7) is 4.19. The Morgan fingerprint density at radius 3 is 2.58 bits per heavy atom. The van der Waals surface area contributed by atoms with Crippen LogP contribution in [-0.4, -0.2) is 49.8 Å². The van der Waals surface area contributed by atoms with Crippen LogP contribution in [0.3, 0.4) is 0 Å². The molecule has 0 bridgehead atoms. The van der Waals surface area contributed by atoms with Crippen LogP contribution in [-0.2, 0) is 32.8 Å². The van der Waals surface area contributed by atoms with Gasteiger partial charge in [0, 0.05) is 29.0 Å². The van der Waals surface area contributed by atoms with Crippen molar-refractivity contribution >= 4 is 67.0 Å². The second kappa shape index (κ2) is 13.4. The van der Waals surface area contributed by atoms with Crippen molar-refractivity contribution in [1.82, 2.24) is 9.47 Å². The quantitative estimate of drug-likeness (QED) is 0.0499. The number of rotatable bonds is 10. The summed E-state index contributed by atoms with van der Waals surface area (Å²) in [5.41, 5.74) is 3.85. The third kappa shape index (κ3) is 5.98. The summed E-state index contributed by atoms with van der Waals surface area (Å²) in [5, 5.41) is 23.3. The van der Waals surface area contributed by atoms with E-state index in [9.17, 15) is 24.8 Å². The number of nitro benzene ring substituents is 1. The second-order valence-electron chi connectivity index (χ2n) is 11.0. The van der Waals surface area contributed by atoms with E-state index >= 15 is 0 Å². The van der Waals surface area contributed by atoms with Crippen molar-refractivity contribution in [3.05, 3.63) is 98.4 Å². The minimum atomic E-state index is -0.855. The number of hydrogen-bond acceptors (Lipinski definition) is 8. The summed E-state index contributed by atoms with van der Waals surface area (Å²) < 4.78 is 9.94. The molecule has 4 atom stereocenters. The molecule has 45 heavy (non-hydrogen) atoms. The first kappa shape index (κ1) is 33.3. The number of aliphatic hydroxyl groups is 1. The van der Waals surface area contributed by atoms with Crippen LogP contribution in [0.2, 0.25) is 0 Å². The number of non-ortho nitro benzene ring substituents is 1. The lowest BCUT2D eigenvalue weighted by molar-refractivity contribution is -0.508. The third-order valence-corrected chi connectivity index (χ3v) is 11.0. The summed E-state index contributed by atoms with van der Waals surface area (Å²) in [6, 6.07) is 13.9. The van der Waals surface area contributed by atoms with E-state index in [-0.39, 0.29) is 52.8 Å². The highest BCUT2D eigenvalue weighted by molar-refractivity contribution is 9.08. The highest BCUT2D eigenvalue weighted by atomic mass is 79.9. The number of benzene rings is 2. The van der Waals surface area contributed by atoms with Crippen molar-refractivity contribution in [3.63, 3.8) is 0 Å². The predicted octanol–water partition coefficient (Wildman–Crippen LogP) is 2.18. The molecule has 0 aliphatic carbocycles. The number of amides is 1. The van der Waals surface area contributed by atoms with Crippen molar-refractivity contribution in [2.45, 2.75) is 49.5 Å². The van der Waals surface area contributed by atoms with Crippen LogP contribution in [0.5, 0.6) is 0 Å². The van der Waals surface area contributed by atoms with Gasteiger partial charge in [-0.2, -0.15) is 4.40 Å². The van der Waals surface area contributed by atoms with Crippen LogP contribution in [0, 0.1) is 22.0 Å². The summed E-state index contributed by atoms with van der Waals surface area (Å²) in [4.78, 5) is 40.8. The molecule has 6 rings (SSSR count). The Hall–Kier alpha value is -3.04. The van der Waals surface area contributed by atoms with Gasteiger partial charge in [0.05, 0.1) is 27.9 Å². The zero-order chi connectivity index (χ0) is 31.3. The molecule has 4 aromatic rings. The van der Waals surface area contributed by atoms with Gasteiger partial charge in [0.1, 0.15) is 25.0 Å². The molecule has 4 heterocycles. The third-order valence-electron chi connectivity index (χ3n) is 8.24. The van der Waals surface area contributed by atoms with Crippen LogP contribution in [0.4, 0.5) is 5.69 Å². The molecule has 0 spiro atoms. The molecule has 2 aliphatic heterocycles. The molecule has 0 unspecified atom stereocenters. The van der Waals surface area contributed by atoms with Gasteiger partial charge in [0.2, 0.25) is 15.8 Å². The van der Waals surface area contributed by atoms with Gasteiger partial charge in [-0.3, -0.25) is 14.9 Å². The molecule has 0 radical (unpaired) electrons. The van der Waals surface area contributed by atoms with Crippen LogP contribution < -0.4 is 21.4 Å². The number of aromatic nitrogens is 2. The number of nitro groups is 1. The lowest BCUT2D eigenvalue weighted by Crippen LogP contribution is -3.00. The van der Waals surface area contributed by atoms with Gasteiger partial charge in [-0.05, 0) is 42.0 Å². The zero-order valence-corrected chi connectivity index (χ0v) is 29.4. The van der Waals surface area contributed by atoms with Crippen molar-refractivity contribution < 1.29 is 45.7 Å². The average Bonchev–Trinajstić information content (AvgIpc) is 3.62. The smallest absolute Gasteiger partial charge is 0.355 e. The number of ether oxygens (including phenoxy) is 1. The van der Waals surface area contributed by atoms with Gasteiger partial charge in [0.25, 0.3) is 12.0 Å². The number of aliphatic hydroxyl groups excluding tert-OH is 1. The second-order valence-corrected chi connectivity index (χ2v) is 13.4. The number of imidazole rings is 1. The van der Waals surface area contributed by atoms with E-state index in [0.29, 0.717) is 12.1 Å². The molecule has 1 fully saturated rings. The number of carbonyl (C=O) groups is 2. The fraction of sp³-hybridized carbons (Fsp3) is 0.323. The number of thioether (sulfide) groups is 1. The van der Waals surface area contributed by atoms with Crippen LogP contribution in [0.25, 0.3) is 10.4 Å². The minimum Gasteiger partial charge on any atom is -1.00 e. The molecular weight excluding hydrogens is 748 g/mol. The Bertz CT molecular complexity index is 1820. The van der Waals surface area contributed by atoms with E-state index < -0.39 is 22.9 Å². The van der Waals surface area contributed by atoms with E-state index in [4.69, 9.17) is 4.74 Å². The van der Waals surface area contributed by atoms with Gasteiger partial charge < -0.3 is 31.7 Å². The Labute approximate surface area is 286 Å². The Morgan fingerprint density at radius 1 is 1.22 bits per heavy atom. The van der Waals surface area contributed by atoms with Gasteiger partial charge in [0.15, 0.2) is 0 Å². The maximum atomic E-state index is 13.7. The molecule has 1 saturated heterocycles. The number of fused-ring (bicyclic) bond motifs is 2. The maximum absolute atomic E-state index is 13.7. The van der Waals surface area contributed by atoms with E-state index in [1.165, 1.54) is 40.3 Å². The molecule has 2 aromatic heterocycles.